The number of hydrogen-bond donors (Lipinski definition) is 1. The standard InChI is InChI=1S/C10H19NO2S/c1-2-3-6-9(11)10-7-4-5-8-14(10,12)13/h2,9-10H,1,3-8,11H2. The van der Waals surface area contributed by atoms with Gasteiger partial charge in [0.2, 0.25) is 0 Å². The lowest BCUT2D eigenvalue weighted by Gasteiger charge is -2.27. The van der Waals surface area contributed by atoms with Crippen molar-refractivity contribution in [2.75, 3.05) is 5.75 Å². The van der Waals surface area contributed by atoms with E-state index in [4.69, 9.17) is 5.73 Å². The average Bonchev–Trinajstić information content (AvgIpc) is 2.13. The van der Waals surface area contributed by atoms with E-state index in [1.807, 2.05) is 0 Å². The van der Waals surface area contributed by atoms with E-state index >= 15 is 0 Å². The number of allylic oxidation sites excluding steroid dienone is 1. The smallest absolute Gasteiger partial charge is 0.154 e. The summed E-state index contributed by atoms with van der Waals surface area (Å²) in [6.45, 7) is 3.61. The van der Waals surface area contributed by atoms with E-state index in [0.29, 0.717) is 5.75 Å². The molecular weight excluding hydrogens is 198 g/mol. The molecule has 0 saturated carbocycles. The molecule has 1 saturated heterocycles. The van der Waals surface area contributed by atoms with Crippen LogP contribution >= 0.6 is 0 Å². The van der Waals surface area contributed by atoms with Gasteiger partial charge in [0, 0.05) is 6.04 Å². The molecule has 3 nitrogen and oxygen atoms in total. The van der Waals surface area contributed by atoms with E-state index in [-0.39, 0.29) is 11.3 Å². The minimum absolute atomic E-state index is 0.210. The van der Waals surface area contributed by atoms with E-state index in [2.05, 4.69) is 6.58 Å². The molecule has 0 aromatic heterocycles. The second kappa shape index (κ2) is 4.94. The summed E-state index contributed by atoms with van der Waals surface area (Å²) in [6, 6.07) is -0.210. The molecule has 0 bridgehead atoms. The molecule has 4 heteroatoms. The number of nitrogens with two attached hydrogens (primary N) is 1. The molecule has 1 fully saturated rings. The van der Waals surface area contributed by atoms with Gasteiger partial charge in [-0.25, -0.2) is 8.42 Å². The third-order valence-electron chi connectivity index (χ3n) is 2.81. The summed E-state index contributed by atoms with van der Waals surface area (Å²) >= 11 is 0. The zero-order chi connectivity index (χ0) is 10.6. The Labute approximate surface area is 86.3 Å². The quantitative estimate of drug-likeness (QED) is 0.721. The predicted octanol–water partition coefficient (Wildman–Crippen LogP) is 1.25. The lowest BCUT2D eigenvalue weighted by atomic mass is 10.0. The van der Waals surface area contributed by atoms with E-state index in [1.165, 1.54) is 0 Å². The second-order valence-electron chi connectivity index (χ2n) is 3.93. The highest BCUT2D eigenvalue weighted by Crippen LogP contribution is 2.23. The van der Waals surface area contributed by atoms with Gasteiger partial charge in [0.15, 0.2) is 9.84 Å². The maximum atomic E-state index is 11.7. The molecule has 0 aliphatic carbocycles. The number of sulfone groups is 1. The largest absolute Gasteiger partial charge is 0.327 e. The molecule has 1 heterocycles. The zero-order valence-electron chi connectivity index (χ0n) is 8.48. The van der Waals surface area contributed by atoms with Crippen molar-refractivity contribution in [3.8, 4) is 0 Å². The van der Waals surface area contributed by atoms with Gasteiger partial charge < -0.3 is 5.73 Å². The SMILES string of the molecule is C=CCCC(N)C1CCCCS1(=O)=O. The molecule has 14 heavy (non-hydrogen) atoms. The van der Waals surface area contributed by atoms with Gasteiger partial charge in [-0.1, -0.05) is 12.5 Å². The van der Waals surface area contributed by atoms with Crippen molar-refractivity contribution in [2.24, 2.45) is 5.73 Å². The van der Waals surface area contributed by atoms with Crippen molar-refractivity contribution in [2.45, 2.75) is 43.4 Å². The second-order valence-corrected chi connectivity index (χ2v) is 6.27. The molecule has 2 N–H and O–H groups in total. The highest BCUT2D eigenvalue weighted by atomic mass is 32.2. The van der Waals surface area contributed by atoms with Crippen LogP contribution in [-0.4, -0.2) is 25.5 Å². The fourth-order valence-electron chi connectivity index (χ4n) is 1.96. The lowest BCUT2D eigenvalue weighted by Crippen LogP contribution is -2.43. The Bertz CT molecular complexity index is 284. The van der Waals surface area contributed by atoms with Gasteiger partial charge in [-0.3, -0.25) is 0 Å². The molecule has 1 rings (SSSR count). The predicted molar refractivity (Wildman–Crippen MR) is 58.8 cm³/mol. The molecule has 0 amide bonds. The van der Waals surface area contributed by atoms with Crippen molar-refractivity contribution in [1.29, 1.82) is 0 Å². The Hall–Kier alpha value is -0.350. The maximum absolute atomic E-state index is 11.7. The Balaban J connectivity index is 2.60. The van der Waals surface area contributed by atoms with Gasteiger partial charge in [0.1, 0.15) is 0 Å². The van der Waals surface area contributed by atoms with Crippen LogP contribution in [-0.2, 0) is 9.84 Å². The van der Waals surface area contributed by atoms with Crippen LogP contribution in [0.4, 0.5) is 0 Å². The first-order valence-corrected chi connectivity index (χ1v) is 6.87. The Morgan fingerprint density at radius 3 is 2.79 bits per heavy atom. The average molecular weight is 217 g/mol. The Morgan fingerprint density at radius 1 is 1.50 bits per heavy atom. The summed E-state index contributed by atoms with van der Waals surface area (Å²) in [7, 11) is -2.91. The van der Waals surface area contributed by atoms with Gasteiger partial charge >= 0.3 is 0 Å². The molecule has 0 aromatic rings. The van der Waals surface area contributed by atoms with E-state index in [1.54, 1.807) is 6.08 Å². The fourth-order valence-corrected chi connectivity index (χ4v) is 4.06. The molecule has 2 atom stereocenters. The number of rotatable bonds is 4. The fraction of sp³-hybridized carbons (Fsp3) is 0.800. The van der Waals surface area contributed by atoms with E-state index in [9.17, 15) is 8.42 Å². The van der Waals surface area contributed by atoms with Crippen LogP contribution in [0.5, 0.6) is 0 Å². The minimum atomic E-state index is -2.91. The molecule has 0 spiro atoms. The van der Waals surface area contributed by atoms with Gasteiger partial charge in [-0.2, -0.15) is 0 Å². The summed E-state index contributed by atoms with van der Waals surface area (Å²) < 4.78 is 23.4. The van der Waals surface area contributed by atoms with Crippen LogP contribution in [0.15, 0.2) is 12.7 Å². The number of hydrogen-bond acceptors (Lipinski definition) is 3. The third-order valence-corrected chi connectivity index (χ3v) is 5.18. The summed E-state index contributed by atoms with van der Waals surface area (Å²) in [5, 5.41) is -0.309. The maximum Gasteiger partial charge on any atom is 0.154 e. The first-order chi connectivity index (χ1) is 6.58. The van der Waals surface area contributed by atoms with Gasteiger partial charge in [-0.05, 0) is 25.7 Å². The normalized spacial score (nSPS) is 28.2. The first kappa shape index (κ1) is 11.7. The minimum Gasteiger partial charge on any atom is -0.327 e. The van der Waals surface area contributed by atoms with Gasteiger partial charge in [0.05, 0.1) is 11.0 Å². The molecule has 0 aromatic carbocycles. The van der Waals surface area contributed by atoms with Gasteiger partial charge in [-0.15, -0.1) is 6.58 Å². The summed E-state index contributed by atoms with van der Waals surface area (Å²) in [5.74, 6) is 0.319. The van der Waals surface area contributed by atoms with Crippen LogP contribution in [0.2, 0.25) is 0 Å². The van der Waals surface area contributed by atoms with Crippen LogP contribution in [0.25, 0.3) is 0 Å². The van der Waals surface area contributed by atoms with Crippen LogP contribution in [0.3, 0.4) is 0 Å². The topological polar surface area (TPSA) is 60.2 Å². The Kier molecular flexibility index (Phi) is 4.13. The van der Waals surface area contributed by atoms with E-state index < -0.39 is 9.84 Å². The molecule has 1 aliphatic heterocycles. The van der Waals surface area contributed by atoms with Crippen molar-refractivity contribution in [3.05, 3.63) is 12.7 Å². The van der Waals surface area contributed by atoms with Crippen LogP contribution in [0, 0.1) is 0 Å². The highest BCUT2D eigenvalue weighted by molar-refractivity contribution is 7.92. The first-order valence-electron chi connectivity index (χ1n) is 5.16. The van der Waals surface area contributed by atoms with Crippen LogP contribution in [0.1, 0.15) is 32.1 Å². The van der Waals surface area contributed by atoms with E-state index in [0.717, 1.165) is 32.1 Å². The molecule has 82 valence electrons. The molecular formula is C10H19NO2S. The molecule has 2 unspecified atom stereocenters. The summed E-state index contributed by atoms with van der Waals surface area (Å²) in [6.07, 6.45) is 5.84. The zero-order valence-corrected chi connectivity index (χ0v) is 9.30. The monoisotopic (exact) mass is 217 g/mol. The van der Waals surface area contributed by atoms with Crippen LogP contribution < -0.4 is 5.73 Å². The Morgan fingerprint density at radius 2 is 2.21 bits per heavy atom. The van der Waals surface area contributed by atoms with Gasteiger partial charge in [0.25, 0.3) is 0 Å². The van der Waals surface area contributed by atoms with Crippen molar-refractivity contribution in [3.63, 3.8) is 0 Å². The van der Waals surface area contributed by atoms with Crippen molar-refractivity contribution >= 4 is 9.84 Å². The molecule has 0 radical (unpaired) electrons. The highest BCUT2D eigenvalue weighted by Gasteiger charge is 2.32. The lowest BCUT2D eigenvalue weighted by molar-refractivity contribution is 0.483. The molecule has 1 aliphatic rings. The summed E-state index contributed by atoms with van der Waals surface area (Å²) in [4.78, 5) is 0. The third kappa shape index (κ3) is 2.82. The van der Waals surface area contributed by atoms with Crippen molar-refractivity contribution in [1.82, 2.24) is 0 Å². The summed E-state index contributed by atoms with van der Waals surface area (Å²) in [5.41, 5.74) is 5.88. The van der Waals surface area contributed by atoms with Crippen molar-refractivity contribution < 1.29 is 8.42 Å².